The summed E-state index contributed by atoms with van der Waals surface area (Å²) in [6.45, 7) is 3.46. The molecule has 1 atom stereocenters. The summed E-state index contributed by atoms with van der Waals surface area (Å²) >= 11 is 0. The molecule has 0 aliphatic rings. The molecule has 0 aliphatic carbocycles. The predicted molar refractivity (Wildman–Crippen MR) is 75.4 cm³/mol. The van der Waals surface area contributed by atoms with Crippen molar-refractivity contribution >= 4 is 10.8 Å². The van der Waals surface area contributed by atoms with Crippen LogP contribution in [0, 0.1) is 5.92 Å². The van der Waals surface area contributed by atoms with Crippen molar-refractivity contribution in [2.24, 2.45) is 5.92 Å². The van der Waals surface area contributed by atoms with Gasteiger partial charge in [0.05, 0.1) is 0 Å². The molecule has 0 N–H and O–H groups in total. The first-order valence-electron chi connectivity index (χ1n) is 6.27. The van der Waals surface area contributed by atoms with Gasteiger partial charge in [0.15, 0.2) is 0 Å². The van der Waals surface area contributed by atoms with E-state index in [0.717, 1.165) is 13.0 Å². The lowest BCUT2D eigenvalue weighted by atomic mass is 9.98. The first kappa shape index (κ1) is 12.1. The van der Waals surface area contributed by atoms with Crippen LogP contribution in [-0.2, 0) is 6.42 Å². The summed E-state index contributed by atoms with van der Waals surface area (Å²) < 4.78 is 0. The van der Waals surface area contributed by atoms with E-state index in [1.807, 2.05) is 0 Å². The fourth-order valence-corrected chi connectivity index (χ4v) is 2.46. The molecule has 2 aromatic carbocycles. The topological polar surface area (TPSA) is 3.24 Å². The molecule has 2 rings (SSSR count). The molecule has 0 bridgehead atoms. The Hall–Kier alpha value is -1.34. The lowest BCUT2D eigenvalue weighted by molar-refractivity contribution is 0.338. The van der Waals surface area contributed by atoms with E-state index in [0.29, 0.717) is 5.92 Å². The minimum absolute atomic E-state index is 0.700. The number of fused-ring (bicyclic) bond motifs is 1. The number of rotatable bonds is 4. The lowest BCUT2D eigenvalue weighted by Crippen LogP contribution is -2.21. The van der Waals surface area contributed by atoms with E-state index in [2.05, 4.69) is 68.4 Å². The molecule has 0 fully saturated rings. The van der Waals surface area contributed by atoms with Gasteiger partial charge in [-0.25, -0.2) is 0 Å². The second kappa shape index (κ2) is 5.33. The van der Waals surface area contributed by atoms with Crippen molar-refractivity contribution < 1.29 is 0 Å². The summed E-state index contributed by atoms with van der Waals surface area (Å²) in [7, 11) is 4.27. The predicted octanol–water partition coefficient (Wildman–Crippen LogP) is 3.58. The van der Waals surface area contributed by atoms with Crippen LogP contribution in [0.1, 0.15) is 12.5 Å². The van der Waals surface area contributed by atoms with Crippen molar-refractivity contribution in [3.05, 3.63) is 48.0 Å². The Morgan fingerprint density at radius 3 is 2.41 bits per heavy atom. The van der Waals surface area contributed by atoms with Gasteiger partial charge in [0, 0.05) is 6.54 Å². The van der Waals surface area contributed by atoms with Gasteiger partial charge in [-0.15, -0.1) is 0 Å². The highest BCUT2D eigenvalue weighted by molar-refractivity contribution is 5.82. The van der Waals surface area contributed by atoms with Gasteiger partial charge in [-0.1, -0.05) is 49.4 Å². The van der Waals surface area contributed by atoms with E-state index in [9.17, 15) is 0 Å². The van der Waals surface area contributed by atoms with Crippen LogP contribution in [0.5, 0.6) is 0 Å². The Labute approximate surface area is 104 Å². The largest absolute Gasteiger partial charge is 0.309 e. The summed E-state index contributed by atoms with van der Waals surface area (Å²) in [6.07, 6.45) is 1.16. The van der Waals surface area contributed by atoms with Crippen LogP contribution < -0.4 is 0 Å². The third kappa shape index (κ3) is 3.31. The number of benzene rings is 2. The lowest BCUT2D eigenvalue weighted by Gasteiger charge is -2.17. The van der Waals surface area contributed by atoms with Crippen LogP contribution >= 0.6 is 0 Å². The number of nitrogens with zero attached hydrogens (tertiary/aromatic N) is 1. The third-order valence-corrected chi connectivity index (χ3v) is 3.07. The van der Waals surface area contributed by atoms with Crippen molar-refractivity contribution in [2.75, 3.05) is 20.6 Å². The smallest absolute Gasteiger partial charge is 0.000410 e. The zero-order chi connectivity index (χ0) is 12.3. The van der Waals surface area contributed by atoms with Gasteiger partial charge < -0.3 is 4.90 Å². The fourth-order valence-electron chi connectivity index (χ4n) is 2.46. The fraction of sp³-hybridized carbons (Fsp3) is 0.375. The maximum Gasteiger partial charge on any atom is 0.000410 e. The summed E-state index contributed by atoms with van der Waals surface area (Å²) in [5, 5.41) is 2.68. The van der Waals surface area contributed by atoms with E-state index in [1.54, 1.807) is 0 Å². The molecular weight excluding hydrogens is 206 g/mol. The average Bonchev–Trinajstić information content (AvgIpc) is 2.27. The molecule has 2 aromatic rings. The molecule has 90 valence electrons. The Morgan fingerprint density at radius 2 is 1.71 bits per heavy atom. The molecule has 0 aliphatic heterocycles. The molecule has 0 saturated carbocycles. The highest BCUT2D eigenvalue weighted by atomic mass is 15.1. The Kier molecular flexibility index (Phi) is 3.80. The highest BCUT2D eigenvalue weighted by Crippen LogP contribution is 2.18. The summed E-state index contributed by atoms with van der Waals surface area (Å²) in [6, 6.07) is 15.4. The Bertz CT molecular complexity index is 488. The van der Waals surface area contributed by atoms with E-state index >= 15 is 0 Å². The first-order valence-corrected chi connectivity index (χ1v) is 6.27. The normalized spacial score (nSPS) is 13.2. The number of hydrogen-bond acceptors (Lipinski definition) is 1. The van der Waals surface area contributed by atoms with E-state index in [1.165, 1.54) is 16.3 Å². The van der Waals surface area contributed by atoms with Crippen molar-refractivity contribution in [1.82, 2.24) is 4.90 Å². The van der Waals surface area contributed by atoms with Gasteiger partial charge in [-0.3, -0.25) is 0 Å². The second-order valence-electron chi connectivity index (χ2n) is 5.25. The third-order valence-electron chi connectivity index (χ3n) is 3.07. The summed E-state index contributed by atoms with van der Waals surface area (Å²) in [5.41, 5.74) is 1.44. The van der Waals surface area contributed by atoms with E-state index in [-0.39, 0.29) is 0 Å². The minimum Gasteiger partial charge on any atom is -0.309 e. The van der Waals surface area contributed by atoms with Gasteiger partial charge in [-0.2, -0.15) is 0 Å². The van der Waals surface area contributed by atoms with Gasteiger partial charge in [0.2, 0.25) is 0 Å². The molecule has 1 heteroatoms. The van der Waals surface area contributed by atoms with Gasteiger partial charge in [0.25, 0.3) is 0 Å². The molecule has 0 saturated heterocycles. The van der Waals surface area contributed by atoms with Crippen molar-refractivity contribution in [1.29, 1.82) is 0 Å². The van der Waals surface area contributed by atoms with Crippen molar-refractivity contribution in [2.45, 2.75) is 13.3 Å². The van der Waals surface area contributed by atoms with Crippen molar-refractivity contribution in [3.63, 3.8) is 0 Å². The molecule has 0 heterocycles. The molecule has 0 radical (unpaired) electrons. The van der Waals surface area contributed by atoms with Gasteiger partial charge >= 0.3 is 0 Å². The molecular formula is C16H21N. The minimum atomic E-state index is 0.700. The first-order chi connectivity index (χ1) is 8.15. The Balaban J connectivity index is 2.14. The highest BCUT2D eigenvalue weighted by Gasteiger charge is 2.05. The summed E-state index contributed by atoms with van der Waals surface area (Å²) in [4.78, 5) is 2.26. The molecule has 17 heavy (non-hydrogen) atoms. The standard InChI is InChI=1S/C16H21N/c1-13(12-17(2)3)10-14-8-9-15-6-4-5-7-16(15)11-14/h4-9,11,13H,10,12H2,1-3H3. The molecule has 0 aromatic heterocycles. The number of hydrogen-bond donors (Lipinski definition) is 0. The van der Waals surface area contributed by atoms with Crippen LogP contribution in [0.15, 0.2) is 42.5 Å². The molecule has 1 unspecified atom stereocenters. The summed E-state index contributed by atoms with van der Waals surface area (Å²) in [5.74, 6) is 0.700. The van der Waals surface area contributed by atoms with Crippen molar-refractivity contribution in [3.8, 4) is 0 Å². The maximum absolute atomic E-state index is 2.32. The maximum atomic E-state index is 2.32. The van der Waals surface area contributed by atoms with Crippen LogP contribution in [0.25, 0.3) is 10.8 Å². The molecule has 0 amide bonds. The SMILES string of the molecule is CC(Cc1ccc2ccccc2c1)CN(C)C. The average molecular weight is 227 g/mol. The Morgan fingerprint density at radius 1 is 1.00 bits per heavy atom. The van der Waals surface area contributed by atoms with Gasteiger partial charge in [0.1, 0.15) is 0 Å². The van der Waals surface area contributed by atoms with Gasteiger partial charge in [-0.05, 0) is 42.8 Å². The zero-order valence-electron chi connectivity index (χ0n) is 11.0. The quantitative estimate of drug-likeness (QED) is 0.771. The van der Waals surface area contributed by atoms with Crippen LogP contribution in [0.3, 0.4) is 0 Å². The van der Waals surface area contributed by atoms with Crippen LogP contribution in [0.2, 0.25) is 0 Å². The molecule has 0 spiro atoms. The monoisotopic (exact) mass is 227 g/mol. The van der Waals surface area contributed by atoms with E-state index in [4.69, 9.17) is 0 Å². The van der Waals surface area contributed by atoms with Crippen LogP contribution in [-0.4, -0.2) is 25.5 Å². The van der Waals surface area contributed by atoms with Crippen LogP contribution in [0.4, 0.5) is 0 Å². The van der Waals surface area contributed by atoms with E-state index < -0.39 is 0 Å². The zero-order valence-corrected chi connectivity index (χ0v) is 11.0. The second-order valence-corrected chi connectivity index (χ2v) is 5.25. The molecule has 1 nitrogen and oxygen atoms in total.